The summed E-state index contributed by atoms with van der Waals surface area (Å²) in [6.07, 6.45) is 3.34. The zero-order valence-corrected chi connectivity index (χ0v) is 25.5. The number of aromatic nitrogens is 2. The van der Waals surface area contributed by atoms with Crippen LogP contribution < -0.4 is 0 Å². The summed E-state index contributed by atoms with van der Waals surface area (Å²) in [7, 11) is 0. The molecule has 2 heteroatoms. The van der Waals surface area contributed by atoms with Crippen molar-refractivity contribution >= 4 is 0 Å². The summed E-state index contributed by atoms with van der Waals surface area (Å²) in [5, 5.41) is 0. The summed E-state index contributed by atoms with van der Waals surface area (Å²) < 4.78 is 44.7. The molecule has 43 heavy (non-hydrogen) atoms. The molecule has 6 rings (SSSR count). The Labute approximate surface area is 266 Å². The molecule has 0 atom stereocenters. The normalized spacial score (nSPS) is 12.9. The van der Waals surface area contributed by atoms with Crippen LogP contribution in [0.1, 0.15) is 47.2 Å². The third-order valence-corrected chi connectivity index (χ3v) is 7.55. The zero-order chi connectivity index (χ0) is 35.8. The lowest BCUT2D eigenvalue weighted by molar-refractivity contribution is 1.17. The fourth-order valence-electron chi connectivity index (χ4n) is 4.58. The predicted octanol–water partition coefficient (Wildman–Crippen LogP) is 11.0. The summed E-state index contributed by atoms with van der Waals surface area (Å²) in [4.78, 5) is 8.73. The highest BCUT2D eigenvalue weighted by atomic mass is 14.7. The average Bonchev–Trinajstić information content (AvgIpc) is 3.08. The second kappa shape index (κ2) is 14.9. The van der Waals surface area contributed by atoms with E-state index >= 15 is 0 Å². The Morgan fingerprint density at radius 2 is 0.953 bits per heavy atom. The average molecular weight is 569 g/mol. The molecule has 0 aliphatic rings. The van der Waals surface area contributed by atoms with Gasteiger partial charge in [0.2, 0.25) is 0 Å². The van der Waals surface area contributed by atoms with Crippen molar-refractivity contribution in [1.29, 1.82) is 0 Å². The van der Waals surface area contributed by atoms with Gasteiger partial charge in [-0.2, -0.15) is 0 Å². The van der Waals surface area contributed by atoms with Crippen LogP contribution in [-0.4, -0.2) is 9.97 Å². The molecule has 2 heterocycles. The van der Waals surface area contributed by atoms with E-state index in [0.717, 1.165) is 44.8 Å². The molecule has 0 saturated carbocycles. The quantitative estimate of drug-likeness (QED) is 0.212. The number of nitrogens with zero attached hydrogens (tertiary/aromatic N) is 2. The molecule has 0 radical (unpaired) electrons. The molecule has 0 N–H and O–H groups in total. The van der Waals surface area contributed by atoms with Crippen LogP contribution in [0.3, 0.4) is 0 Å². The lowest BCUT2D eigenvalue weighted by Crippen LogP contribution is -1.94. The second-order valence-electron chi connectivity index (χ2n) is 10.5. The molecule has 4 aromatic carbocycles. The Kier molecular flexibility index (Phi) is 8.21. The molecule has 2 nitrogen and oxygen atoms in total. The maximum atomic E-state index is 7.48. The van der Waals surface area contributed by atoms with Gasteiger partial charge in [-0.15, -0.1) is 0 Å². The van der Waals surface area contributed by atoms with Gasteiger partial charge in [-0.1, -0.05) is 109 Å². The topological polar surface area (TPSA) is 25.8 Å². The van der Waals surface area contributed by atoms with Gasteiger partial charge in [0, 0.05) is 31.7 Å². The van der Waals surface area contributed by atoms with Gasteiger partial charge >= 0.3 is 0 Å². The van der Waals surface area contributed by atoms with Crippen LogP contribution >= 0.6 is 0 Å². The number of hydrogen-bond acceptors (Lipinski definition) is 2. The highest BCUT2D eigenvalue weighted by molar-refractivity contribution is 5.66. The molecule has 0 spiro atoms. The van der Waals surface area contributed by atoms with Crippen molar-refractivity contribution < 1.29 is 8.22 Å². The molecule has 0 saturated heterocycles. The molecule has 0 unspecified atom stereocenters. The van der Waals surface area contributed by atoms with Gasteiger partial charge in [0.15, 0.2) is 0 Å². The molecule has 0 bridgehead atoms. The first kappa shape index (κ1) is 23.7. The first-order valence-corrected chi connectivity index (χ1v) is 14.3. The van der Waals surface area contributed by atoms with Crippen molar-refractivity contribution in [2.45, 2.75) is 48.3 Å². The highest BCUT2D eigenvalue weighted by Crippen LogP contribution is 2.25. The molecule has 6 aromatic rings. The number of rotatable bonds is 3. The number of benzene rings is 4. The van der Waals surface area contributed by atoms with E-state index < -0.39 is 13.7 Å². The van der Waals surface area contributed by atoms with Crippen LogP contribution in [0.4, 0.5) is 0 Å². The summed E-state index contributed by atoms with van der Waals surface area (Å²) in [6, 6.07) is 37.6. The standard InChI is InChI=1S/C14H15N.C14H14.C13H13N/c1-10-9-15-14(12(3)11(10)2)13-7-5-4-6-8-13;1-11-8-9-14(10-12(11)2)13-6-4-3-5-7-13;1-10-8-9-14-13(11(10)2)12-6-4-3-5-7-12/h4-9H,1-3H3;3-10H,1-2H3;3-9H,1-2H3/i2*1D3;. The van der Waals surface area contributed by atoms with Gasteiger partial charge in [-0.3, -0.25) is 9.97 Å². The SMILES string of the molecule is Cc1ccnc(-c2ccccc2)c1C.[2H]C([2H])([2H])c1ccc(-c2ccccc2)cc1C.[2H]C([2H])([2H])c1cnc(-c2ccccc2)c(C)c1C. The maximum Gasteiger partial charge on any atom is 0.0733 e. The third-order valence-electron chi connectivity index (χ3n) is 7.55. The fourth-order valence-corrected chi connectivity index (χ4v) is 4.58. The number of hydrogen-bond donors (Lipinski definition) is 0. The van der Waals surface area contributed by atoms with Gasteiger partial charge in [0.1, 0.15) is 0 Å². The van der Waals surface area contributed by atoms with Crippen LogP contribution in [0.25, 0.3) is 33.6 Å². The van der Waals surface area contributed by atoms with Gasteiger partial charge in [0.05, 0.1) is 11.4 Å². The maximum absolute atomic E-state index is 7.48. The van der Waals surface area contributed by atoms with E-state index in [1.807, 2.05) is 124 Å². The van der Waals surface area contributed by atoms with Crippen molar-refractivity contribution in [2.75, 3.05) is 0 Å². The van der Waals surface area contributed by atoms with Gasteiger partial charge in [-0.25, -0.2) is 0 Å². The first-order valence-electron chi connectivity index (χ1n) is 17.3. The largest absolute Gasteiger partial charge is 0.256 e. The minimum atomic E-state index is -2.10. The molecule has 0 fully saturated rings. The van der Waals surface area contributed by atoms with Crippen LogP contribution in [-0.2, 0) is 0 Å². The van der Waals surface area contributed by atoms with Crippen LogP contribution in [0, 0.1) is 48.3 Å². The Balaban J connectivity index is 0.000000167. The van der Waals surface area contributed by atoms with E-state index in [4.69, 9.17) is 8.22 Å². The van der Waals surface area contributed by atoms with Gasteiger partial charge in [0.25, 0.3) is 0 Å². The van der Waals surface area contributed by atoms with Crippen molar-refractivity contribution in [3.8, 4) is 33.6 Å². The fraction of sp³-hybridized carbons (Fsp3) is 0.171. The summed E-state index contributed by atoms with van der Waals surface area (Å²) in [6.45, 7) is 5.70. The molecule has 2 aromatic heterocycles. The lowest BCUT2D eigenvalue weighted by Gasteiger charge is -2.09. The van der Waals surface area contributed by atoms with Crippen molar-refractivity contribution in [1.82, 2.24) is 9.97 Å². The summed E-state index contributed by atoms with van der Waals surface area (Å²) in [5.74, 6) is 0. The van der Waals surface area contributed by atoms with E-state index in [-0.39, 0.29) is 0 Å². The molecule has 216 valence electrons. The first-order chi connectivity index (χ1) is 23.2. The van der Waals surface area contributed by atoms with Crippen molar-refractivity contribution in [3.05, 3.63) is 167 Å². The Hall–Kier alpha value is -4.82. The number of aryl methyl sites for hydroxylation is 4. The highest BCUT2D eigenvalue weighted by Gasteiger charge is 2.07. The van der Waals surface area contributed by atoms with Crippen LogP contribution in [0.5, 0.6) is 0 Å². The minimum Gasteiger partial charge on any atom is -0.256 e. The van der Waals surface area contributed by atoms with E-state index in [1.165, 1.54) is 22.9 Å². The van der Waals surface area contributed by atoms with Crippen LogP contribution in [0.15, 0.2) is 128 Å². The van der Waals surface area contributed by atoms with Crippen LogP contribution in [0.2, 0.25) is 0 Å². The molecular formula is C41H42N2. The summed E-state index contributed by atoms with van der Waals surface area (Å²) in [5.41, 5.74) is 12.1. The van der Waals surface area contributed by atoms with E-state index in [9.17, 15) is 0 Å². The Bertz CT molecular complexity index is 1970. The van der Waals surface area contributed by atoms with Gasteiger partial charge in [-0.05, 0) is 104 Å². The molecule has 0 aliphatic heterocycles. The van der Waals surface area contributed by atoms with E-state index in [1.54, 1.807) is 6.07 Å². The molecular weight excluding hydrogens is 520 g/mol. The molecule has 0 amide bonds. The number of pyridine rings is 2. The van der Waals surface area contributed by atoms with Gasteiger partial charge < -0.3 is 0 Å². The lowest BCUT2D eigenvalue weighted by atomic mass is 10.0. The predicted molar refractivity (Wildman–Crippen MR) is 184 cm³/mol. The van der Waals surface area contributed by atoms with Crippen molar-refractivity contribution in [2.24, 2.45) is 0 Å². The minimum absolute atomic E-state index is 0.333. The summed E-state index contributed by atoms with van der Waals surface area (Å²) >= 11 is 0. The Morgan fingerprint density at radius 3 is 1.49 bits per heavy atom. The third kappa shape index (κ3) is 8.14. The van der Waals surface area contributed by atoms with Crippen molar-refractivity contribution in [3.63, 3.8) is 0 Å². The van der Waals surface area contributed by atoms with E-state index in [0.29, 0.717) is 11.1 Å². The molecule has 0 aliphatic carbocycles. The zero-order valence-electron chi connectivity index (χ0n) is 31.5. The Morgan fingerprint density at radius 1 is 0.419 bits per heavy atom. The monoisotopic (exact) mass is 568 g/mol. The smallest absolute Gasteiger partial charge is 0.0733 e. The second-order valence-corrected chi connectivity index (χ2v) is 10.5. The van der Waals surface area contributed by atoms with E-state index in [2.05, 4.69) is 35.9 Å².